The number of carbonyl (C=O) groups is 1. The average molecular weight is 304 g/mol. The van der Waals surface area contributed by atoms with Crippen molar-refractivity contribution in [3.05, 3.63) is 30.1 Å². The smallest absolute Gasteiger partial charge is 0.224 e. The van der Waals surface area contributed by atoms with Crippen molar-refractivity contribution in [3.8, 4) is 0 Å². The molecule has 1 atom stereocenters. The summed E-state index contributed by atoms with van der Waals surface area (Å²) in [6, 6.07) is 6.13. The molecule has 1 N–H and O–H groups in total. The molecule has 22 heavy (non-hydrogen) atoms. The lowest BCUT2D eigenvalue weighted by molar-refractivity contribution is -0.128. The molecule has 2 fully saturated rings. The van der Waals surface area contributed by atoms with Gasteiger partial charge in [-0.25, -0.2) is 0 Å². The Labute approximate surface area is 131 Å². The molecule has 0 bridgehead atoms. The fraction of sp³-hybridized carbons (Fsp3) is 0.625. The Hall–Kier alpha value is -1.50. The highest BCUT2D eigenvalue weighted by Gasteiger charge is 2.29. The molecule has 0 radical (unpaired) electrons. The molecule has 1 amide bonds. The standard InChI is InChI=1S/C16H24N4O2/c21-16-11-15(18-12-14-3-1-2-4-17-14)13-20(16)6-5-19-7-9-22-10-8-19/h1-4,15,18H,5-13H2/t15-/m0/s1. The number of pyridine rings is 1. The van der Waals surface area contributed by atoms with Gasteiger partial charge in [0.2, 0.25) is 5.91 Å². The lowest BCUT2D eigenvalue weighted by Crippen LogP contribution is -2.42. The zero-order valence-electron chi connectivity index (χ0n) is 12.9. The first-order valence-electron chi connectivity index (χ1n) is 8.02. The Kier molecular flexibility index (Phi) is 5.37. The molecule has 0 unspecified atom stereocenters. The van der Waals surface area contributed by atoms with Gasteiger partial charge in [0.25, 0.3) is 0 Å². The largest absolute Gasteiger partial charge is 0.379 e. The molecule has 2 aliphatic rings. The lowest BCUT2D eigenvalue weighted by atomic mass is 10.2. The number of rotatable bonds is 6. The number of aromatic nitrogens is 1. The summed E-state index contributed by atoms with van der Waals surface area (Å²) in [7, 11) is 0. The molecule has 0 saturated carbocycles. The zero-order chi connectivity index (χ0) is 15.2. The van der Waals surface area contributed by atoms with Crippen LogP contribution in [0.5, 0.6) is 0 Å². The third-order valence-electron chi connectivity index (χ3n) is 4.30. The van der Waals surface area contributed by atoms with Crippen LogP contribution in [0.3, 0.4) is 0 Å². The molecule has 6 heteroatoms. The number of hydrogen-bond acceptors (Lipinski definition) is 5. The van der Waals surface area contributed by atoms with E-state index in [4.69, 9.17) is 4.74 Å². The van der Waals surface area contributed by atoms with Gasteiger partial charge in [-0.3, -0.25) is 14.7 Å². The monoisotopic (exact) mass is 304 g/mol. The van der Waals surface area contributed by atoms with Crippen molar-refractivity contribution in [1.82, 2.24) is 20.1 Å². The minimum absolute atomic E-state index is 0.235. The predicted molar refractivity (Wildman–Crippen MR) is 83.3 cm³/mol. The number of amides is 1. The van der Waals surface area contributed by atoms with Gasteiger partial charge in [-0.2, -0.15) is 0 Å². The first kappa shape index (κ1) is 15.4. The molecular formula is C16H24N4O2. The summed E-state index contributed by atoms with van der Waals surface area (Å²) >= 11 is 0. The first-order valence-corrected chi connectivity index (χ1v) is 8.02. The minimum atomic E-state index is 0.235. The Morgan fingerprint density at radius 3 is 2.91 bits per heavy atom. The van der Waals surface area contributed by atoms with Crippen molar-refractivity contribution in [2.24, 2.45) is 0 Å². The van der Waals surface area contributed by atoms with Crippen LogP contribution in [0.15, 0.2) is 24.4 Å². The Bertz CT molecular complexity index is 476. The summed E-state index contributed by atoms with van der Waals surface area (Å²) in [5.74, 6) is 0.256. The van der Waals surface area contributed by atoms with E-state index < -0.39 is 0 Å². The van der Waals surface area contributed by atoms with Gasteiger partial charge in [0.1, 0.15) is 0 Å². The van der Waals surface area contributed by atoms with Crippen molar-refractivity contribution in [2.75, 3.05) is 45.9 Å². The van der Waals surface area contributed by atoms with Crippen LogP contribution in [0.2, 0.25) is 0 Å². The van der Waals surface area contributed by atoms with E-state index in [9.17, 15) is 4.79 Å². The van der Waals surface area contributed by atoms with Gasteiger partial charge >= 0.3 is 0 Å². The summed E-state index contributed by atoms with van der Waals surface area (Å²) < 4.78 is 5.35. The van der Waals surface area contributed by atoms with Crippen molar-refractivity contribution in [2.45, 2.75) is 19.0 Å². The van der Waals surface area contributed by atoms with Crippen molar-refractivity contribution < 1.29 is 9.53 Å². The molecule has 6 nitrogen and oxygen atoms in total. The molecule has 1 aromatic heterocycles. The van der Waals surface area contributed by atoms with Gasteiger partial charge in [0, 0.05) is 57.9 Å². The van der Waals surface area contributed by atoms with E-state index in [-0.39, 0.29) is 11.9 Å². The second-order valence-electron chi connectivity index (χ2n) is 5.90. The number of nitrogens with one attached hydrogen (secondary N) is 1. The van der Waals surface area contributed by atoms with Gasteiger partial charge in [0.15, 0.2) is 0 Å². The third kappa shape index (κ3) is 4.25. The molecule has 0 aromatic carbocycles. The van der Waals surface area contributed by atoms with Crippen LogP contribution < -0.4 is 5.32 Å². The van der Waals surface area contributed by atoms with E-state index in [1.807, 2.05) is 23.1 Å². The summed E-state index contributed by atoms with van der Waals surface area (Å²) in [4.78, 5) is 20.7. The maximum absolute atomic E-state index is 12.1. The minimum Gasteiger partial charge on any atom is -0.379 e. The number of nitrogens with zero attached hydrogens (tertiary/aromatic N) is 3. The van der Waals surface area contributed by atoms with Crippen molar-refractivity contribution >= 4 is 5.91 Å². The topological polar surface area (TPSA) is 57.7 Å². The molecular weight excluding hydrogens is 280 g/mol. The van der Waals surface area contributed by atoms with Crippen LogP contribution in [0.1, 0.15) is 12.1 Å². The second-order valence-corrected chi connectivity index (χ2v) is 5.90. The Balaban J connectivity index is 1.40. The molecule has 120 valence electrons. The van der Waals surface area contributed by atoms with E-state index >= 15 is 0 Å². The zero-order valence-corrected chi connectivity index (χ0v) is 12.9. The predicted octanol–water partition coefficient (Wildman–Crippen LogP) is 0.104. The van der Waals surface area contributed by atoms with Crippen LogP contribution in [0.4, 0.5) is 0 Å². The van der Waals surface area contributed by atoms with Crippen LogP contribution in [-0.4, -0.2) is 72.7 Å². The SMILES string of the molecule is O=C1C[C@H](NCc2ccccn2)CN1CCN1CCOCC1. The Morgan fingerprint density at radius 1 is 1.27 bits per heavy atom. The molecule has 0 spiro atoms. The van der Waals surface area contributed by atoms with E-state index in [1.54, 1.807) is 6.20 Å². The molecule has 2 saturated heterocycles. The number of carbonyl (C=O) groups excluding carboxylic acids is 1. The van der Waals surface area contributed by atoms with Crippen LogP contribution >= 0.6 is 0 Å². The highest BCUT2D eigenvalue weighted by Crippen LogP contribution is 2.12. The summed E-state index contributed by atoms with van der Waals surface area (Å²) in [6.07, 6.45) is 2.39. The van der Waals surface area contributed by atoms with Gasteiger partial charge in [-0.05, 0) is 12.1 Å². The van der Waals surface area contributed by atoms with Gasteiger partial charge in [0.05, 0.1) is 18.9 Å². The fourth-order valence-corrected chi connectivity index (χ4v) is 2.96. The number of morpholine rings is 1. The number of ether oxygens (including phenoxy) is 1. The first-order chi connectivity index (χ1) is 10.8. The van der Waals surface area contributed by atoms with Gasteiger partial charge < -0.3 is 15.0 Å². The second kappa shape index (κ2) is 7.67. The quantitative estimate of drug-likeness (QED) is 0.808. The highest BCUT2D eigenvalue weighted by molar-refractivity contribution is 5.79. The maximum atomic E-state index is 12.1. The number of likely N-dealkylation sites (tertiary alicyclic amines) is 1. The van der Waals surface area contributed by atoms with Crippen molar-refractivity contribution in [3.63, 3.8) is 0 Å². The van der Waals surface area contributed by atoms with E-state index in [0.717, 1.165) is 58.2 Å². The average Bonchev–Trinajstić information content (AvgIpc) is 2.93. The number of hydrogen-bond donors (Lipinski definition) is 1. The molecule has 3 rings (SSSR count). The highest BCUT2D eigenvalue weighted by atomic mass is 16.5. The summed E-state index contributed by atoms with van der Waals surface area (Å²) in [6.45, 7) is 6.85. The van der Waals surface area contributed by atoms with E-state index in [1.165, 1.54) is 0 Å². The van der Waals surface area contributed by atoms with Crippen LogP contribution in [-0.2, 0) is 16.1 Å². The summed E-state index contributed by atoms with van der Waals surface area (Å²) in [5.41, 5.74) is 1.02. The van der Waals surface area contributed by atoms with Crippen LogP contribution in [0.25, 0.3) is 0 Å². The molecule has 1 aromatic rings. The maximum Gasteiger partial charge on any atom is 0.224 e. The fourth-order valence-electron chi connectivity index (χ4n) is 2.96. The molecule has 3 heterocycles. The van der Waals surface area contributed by atoms with E-state index in [0.29, 0.717) is 6.42 Å². The normalized spacial score (nSPS) is 23.2. The Morgan fingerprint density at radius 2 is 2.14 bits per heavy atom. The lowest BCUT2D eigenvalue weighted by Gasteiger charge is -2.28. The molecule has 2 aliphatic heterocycles. The van der Waals surface area contributed by atoms with Gasteiger partial charge in [-0.15, -0.1) is 0 Å². The van der Waals surface area contributed by atoms with E-state index in [2.05, 4.69) is 15.2 Å². The third-order valence-corrected chi connectivity index (χ3v) is 4.30. The van der Waals surface area contributed by atoms with Crippen molar-refractivity contribution in [1.29, 1.82) is 0 Å². The molecule has 0 aliphatic carbocycles. The van der Waals surface area contributed by atoms with Crippen LogP contribution in [0, 0.1) is 0 Å². The van der Waals surface area contributed by atoms with Gasteiger partial charge in [-0.1, -0.05) is 6.07 Å². The summed E-state index contributed by atoms with van der Waals surface area (Å²) in [5, 5.41) is 3.44.